The number of ether oxygens (including phenoxy) is 2. The summed E-state index contributed by atoms with van der Waals surface area (Å²) in [5, 5.41) is 5.79. The van der Waals surface area contributed by atoms with Gasteiger partial charge in [0.25, 0.3) is 0 Å². The molecule has 1 aromatic heterocycles. The summed E-state index contributed by atoms with van der Waals surface area (Å²) in [6.07, 6.45) is -0.290. The number of ketones is 1. The minimum absolute atomic E-state index is 0.00749. The number of esters is 2. The van der Waals surface area contributed by atoms with Crippen LogP contribution in [0.5, 0.6) is 0 Å². The number of amidine groups is 1. The number of anilines is 1. The first-order chi connectivity index (χ1) is 16.2. The van der Waals surface area contributed by atoms with Crippen LogP contribution in [0.1, 0.15) is 52.9 Å². The van der Waals surface area contributed by atoms with E-state index in [0.29, 0.717) is 22.6 Å². The molecular formula is C24H26N4O6. The Balaban J connectivity index is 1.99. The highest BCUT2D eigenvalue weighted by Crippen LogP contribution is 2.30. The van der Waals surface area contributed by atoms with Crippen LogP contribution in [0.4, 0.5) is 11.4 Å². The van der Waals surface area contributed by atoms with Crippen molar-refractivity contribution >= 4 is 40.8 Å². The SMILES string of the molecule is CCOC(=O)C1=C(C)Nc2ccccc2N=C1NC(=O)Cc1[nH]c(C(C)=O)c(C)c1C(=O)OC. The number of carbonyl (C=O) groups is 4. The van der Waals surface area contributed by atoms with Crippen molar-refractivity contribution in [2.45, 2.75) is 34.1 Å². The number of benzene rings is 1. The molecule has 3 N–H and O–H groups in total. The number of H-pyrrole nitrogens is 1. The van der Waals surface area contributed by atoms with E-state index in [0.717, 1.165) is 0 Å². The third-order valence-corrected chi connectivity index (χ3v) is 5.21. The van der Waals surface area contributed by atoms with Gasteiger partial charge in [-0.3, -0.25) is 9.59 Å². The first-order valence-corrected chi connectivity index (χ1v) is 10.6. The summed E-state index contributed by atoms with van der Waals surface area (Å²) < 4.78 is 10.00. The molecule has 10 heteroatoms. The number of aliphatic imine (C=N–C) groups is 1. The Kier molecular flexibility index (Phi) is 7.30. The monoisotopic (exact) mass is 466 g/mol. The summed E-state index contributed by atoms with van der Waals surface area (Å²) in [5.74, 6) is -2.16. The second-order valence-electron chi connectivity index (χ2n) is 7.57. The number of hydrogen-bond acceptors (Lipinski definition) is 8. The molecule has 0 bridgehead atoms. The molecule has 0 atom stereocenters. The molecule has 178 valence electrons. The molecule has 3 rings (SSSR count). The van der Waals surface area contributed by atoms with Gasteiger partial charge in [0.15, 0.2) is 5.78 Å². The van der Waals surface area contributed by atoms with Gasteiger partial charge in [-0.1, -0.05) is 12.1 Å². The largest absolute Gasteiger partial charge is 0.465 e. The molecule has 0 saturated carbocycles. The van der Waals surface area contributed by atoms with E-state index in [1.807, 2.05) is 6.07 Å². The number of carbonyl (C=O) groups excluding carboxylic acids is 4. The molecule has 1 aromatic carbocycles. The van der Waals surface area contributed by atoms with Gasteiger partial charge in [-0.05, 0) is 38.5 Å². The van der Waals surface area contributed by atoms with Gasteiger partial charge in [0, 0.05) is 18.3 Å². The van der Waals surface area contributed by atoms with Gasteiger partial charge in [0.2, 0.25) is 5.91 Å². The highest BCUT2D eigenvalue weighted by atomic mass is 16.5. The van der Waals surface area contributed by atoms with Crippen molar-refractivity contribution in [3.63, 3.8) is 0 Å². The molecule has 0 radical (unpaired) electrons. The van der Waals surface area contributed by atoms with Crippen molar-refractivity contribution in [3.8, 4) is 0 Å². The standard InChI is InChI=1S/C24H26N4O6/c1-6-34-24(32)20-13(3)25-15-9-7-8-10-16(15)27-22(20)28-18(30)11-17-19(23(31)33-5)12(2)21(26-17)14(4)29/h7-10,25-26H,6,11H2,1-5H3,(H,27,28,30). The minimum atomic E-state index is -0.670. The fourth-order valence-electron chi connectivity index (χ4n) is 3.70. The molecule has 0 spiro atoms. The second kappa shape index (κ2) is 10.2. The number of aromatic amines is 1. The smallest absolute Gasteiger partial charge is 0.343 e. The fraction of sp³-hybridized carbons (Fsp3) is 0.292. The third-order valence-electron chi connectivity index (χ3n) is 5.21. The van der Waals surface area contributed by atoms with Crippen molar-refractivity contribution in [2.24, 2.45) is 4.99 Å². The number of aromatic nitrogens is 1. The van der Waals surface area contributed by atoms with E-state index in [4.69, 9.17) is 9.47 Å². The van der Waals surface area contributed by atoms with Crippen LogP contribution >= 0.6 is 0 Å². The minimum Gasteiger partial charge on any atom is -0.465 e. The lowest BCUT2D eigenvalue weighted by Crippen LogP contribution is -2.36. The Bertz CT molecular complexity index is 1240. The molecule has 10 nitrogen and oxygen atoms in total. The van der Waals surface area contributed by atoms with Crippen molar-refractivity contribution in [2.75, 3.05) is 19.0 Å². The predicted molar refractivity (Wildman–Crippen MR) is 125 cm³/mol. The van der Waals surface area contributed by atoms with Crippen molar-refractivity contribution in [1.29, 1.82) is 0 Å². The number of fused-ring (bicyclic) bond motifs is 1. The molecule has 34 heavy (non-hydrogen) atoms. The first kappa shape index (κ1) is 24.4. The third kappa shape index (κ3) is 4.90. The Morgan fingerprint density at radius 3 is 2.44 bits per heavy atom. The summed E-state index contributed by atoms with van der Waals surface area (Å²) in [7, 11) is 1.22. The highest BCUT2D eigenvalue weighted by Gasteiger charge is 2.28. The van der Waals surface area contributed by atoms with Crippen molar-refractivity contribution in [1.82, 2.24) is 10.3 Å². The summed E-state index contributed by atoms with van der Waals surface area (Å²) in [6, 6.07) is 7.13. The van der Waals surface area contributed by atoms with E-state index < -0.39 is 17.8 Å². The van der Waals surface area contributed by atoms with E-state index in [9.17, 15) is 19.2 Å². The lowest BCUT2D eigenvalue weighted by Gasteiger charge is -2.13. The van der Waals surface area contributed by atoms with E-state index in [1.54, 1.807) is 39.0 Å². The second-order valence-corrected chi connectivity index (χ2v) is 7.57. The number of nitrogens with one attached hydrogen (secondary N) is 3. The Hall–Kier alpha value is -4.21. The Labute approximate surface area is 196 Å². The van der Waals surface area contributed by atoms with E-state index in [2.05, 4.69) is 20.6 Å². The van der Waals surface area contributed by atoms with Crippen LogP contribution in [0.2, 0.25) is 0 Å². The van der Waals surface area contributed by atoms with Gasteiger partial charge < -0.3 is 25.1 Å². The maximum atomic E-state index is 13.0. The topological polar surface area (TPSA) is 139 Å². The van der Waals surface area contributed by atoms with Gasteiger partial charge in [-0.2, -0.15) is 0 Å². The lowest BCUT2D eigenvalue weighted by atomic mass is 10.1. The van der Waals surface area contributed by atoms with E-state index >= 15 is 0 Å². The number of Topliss-reactive ketones (excluding diaryl/α,β-unsaturated/α-hetero) is 1. The van der Waals surface area contributed by atoms with Crippen LogP contribution in [0.25, 0.3) is 0 Å². The number of nitrogens with zero attached hydrogens (tertiary/aromatic N) is 1. The first-order valence-electron chi connectivity index (χ1n) is 10.6. The molecule has 1 aliphatic rings. The summed E-state index contributed by atoms with van der Waals surface area (Å²) >= 11 is 0. The van der Waals surface area contributed by atoms with E-state index in [-0.39, 0.29) is 47.2 Å². The molecule has 2 heterocycles. The maximum absolute atomic E-state index is 13.0. The molecule has 1 aliphatic heterocycles. The molecule has 0 aliphatic carbocycles. The summed E-state index contributed by atoms with van der Waals surface area (Å²) in [4.78, 5) is 57.4. The zero-order valence-corrected chi connectivity index (χ0v) is 19.6. The average molecular weight is 466 g/mol. The van der Waals surface area contributed by atoms with Gasteiger partial charge in [-0.15, -0.1) is 0 Å². The van der Waals surface area contributed by atoms with Gasteiger partial charge in [0.05, 0.1) is 42.8 Å². The highest BCUT2D eigenvalue weighted by molar-refractivity contribution is 6.24. The molecule has 0 unspecified atom stereocenters. The average Bonchev–Trinajstić information content (AvgIpc) is 3.02. The van der Waals surface area contributed by atoms with Crippen LogP contribution in [-0.4, -0.2) is 48.2 Å². The quantitative estimate of drug-likeness (QED) is 0.439. The fourth-order valence-corrected chi connectivity index (χ4v) is 3.70. The Morgan fingerprint density at radius 2 is 1.79 bits per heavy atom. The predicted octanol–water partition coefficient (Wildman–Crippen LogP) is 2.96. The molecule has 1 amide bonds. The number of rotatable bonds is 6. The molecule has 2 aromatic rings. The zero-order chi connectivity index (χ0) is 25.0. The normalized spacial score (nSPS) is 12.7. The molecular weight excluding hydrogens is 440 g/mol. The van der Waals surface area contributed by atoms with Gasteiger partial charge >= 0.3 is 11.9 Å². The van der Waals surface area contributed by atoms with Crippen molar-refractivity contribution in [3.05, 3.63) is 58.1 Å². The van der Waals surface area contributed by atoms with Crippen LogP contribution in [0, 0.1) is 6.92 Å². The lowest BCUT2D eigenvalue weighted by molar-refractivity contribution is -0.137. The van der Waals surface area contributed by atoms with Crippen molar-refractivity contribution < 1.29 is 28.7 Å². The van der Waals surface area contributed by atoms with Crippen LogP contribution < -0.4 is 10.6 Å². The number of hydrogen-bond donors (Lipinski definition) is 3. The maximum Gasteiger partial charge on any atom is 0.343 e. The molecule has 0 fully saturated rings. The number of para-hydroxylation sites is 2. The van der Waals surface area contributed by atoms with Crippen LogP contribution in [0.3, 0.4) is 0 Å². The van der Waals surface area contributed by atoms with Crippen LogP contribution in [-0.2, 0) is 25.5 Å². The zero-order valence-electron chi connectivity index (χ0n) is 19.6. The number of amides is 1. The number of allylic oxidation sites excluding steroid dienone is 1. The number of methoxy groups -OCH3 is 1. The van der Waals surface area contributed by atoms with E-state index in [1.165, 1.54) is 14.0 Å². The van der Waals surface area contributed by atoms with Gasteiger partial charge in [0.1, 0.15) is 11.4 Å². The van der Waals surface area contributed by atoms with Gasteiger partial charge in [-0.25, -0.2) is 14.6 Å². The summed E-state index contributed by atoms with van der Waals surface area (Å²) in [5.41, 5.74) is 2.66. The Morgan fingerprint density at radius 1 is 1.09 bits per heavy atom. The van der Waals surface area contributed by atoms with Crippen LogP contribution in [0.15, 0.2) is 40.5 Å². The summed E-state index contributed by atoms with van der Waals surface area (Å²) in [6.45, 7) is 6.45. The molecule has 0 saturated heterocycles.